The maximum atomic E-state index is 13.0. The molecular weight excluding hydrogens is 490 g/mol. The van der Waals surface area contributed by atoms with E-state index < -0.39 is 0 Å². The normalized spacial score (nSPS) is 18.7. The van der Waals surface area contributed by atoms with E-state index in [1.165, 1.54) is 31.6 Å². The Balaban J connectivity index is 1.20. The van der Waals surface area contributed by atoms with E-state index in [0.29, 0.717) is 5.41 Å². The van der Waals surface area contributed by atoms with Crippen LogP contribution in [0.25, 0.3) is 0 Å². The van der Waals surface area contributed by atoms with Crippen LogP contribution in [-0.2, 0) is 0 Å². The van der Waals surface area contributed by atoms with Gasteiger partial charge in [-0.25, -0.2) is 0 Å². The highest BCUT2D eigenvalue weighted by Gasteiger charge is 2.26. The van der Waals surface area contributed by atoms with Crippen molar-refractivity contribution in [2.45, 2.75) is 40.0 Å². The monoisotopic (exact) mass is 527 g/mol. The van der Waals surface area contributed by atoms with Crippen LogP contribution in [0.15, 0.2) is 46.9 Å². The quantitative estimate of drug-likeness (QED) is 0.438. The van der Waals surface area contributed by atoms with Gasteiger partial charge in [-0.2, -0.15) is 0 Å². The molecule has 2 saturated heterocycles. The molecule has 0 N–H and O–H groups in total. The zero-order valence-corrected chi connectivity index (χ0v) is 22.4. The fraction of sp³-hybridized carbons (Fsp3) is 0.536. The second-order valence-electron chi connectivity index (χ2n) is 10.5. The van der Waals surface area contributed by atoms with Crippen LogP contribution in [0.5, 0.6) is 5.75 Å². The SMILES string of the molecule is Cc1cc(Br)ccc1C(=O)N1CCN(c2ccc(OCCCN3CCCC(C)(C)C3)cc2)CC1. The zero-order chi connectivity index (χ0) is 24.1. The van der Waals surface area contributed by atoms with Gasteiger partial charge in [-0.05, 0) is 86.2 Å². The number of nitrogens with zero attached hydrogens (tertiary/aromatic N) is 3. The molecule has 2 aromatic rings. The molecule has 2 aromatic carbocycles. The van der Waals surface area contributed by atoms with Gasteiger partial charge in [0.2, 0.25) is 0 Å². The predicted octanol–water partition coefficient (Wildman–Crippen LogP) is 5.61. The summed E-state index contributed by atoms with van der Waals surface area (Å²) in [6.07, 6.45) is 3.70. The topological polar surface area (TPSA) is 36.0 Å². The van der Waals surface area contributed by atoms with Gasteiger partial charge in [-0.3, -0.25) is 4.79 Å². The standard InChI is InChI=1S/C28H38BrN3O2/c1-22-20-23(29)6-11-26(22)27(33)32-17-15-31(16-18-32)24-7-9-25(10-8-24)34-19-5-14-30-13-4-12-28(2,3)21-30/h6-11,20H,4-5,12-19,21H2,1-3H3. The lowest BCUT2D eigenvalue weighted by molar-refractivity contribution is 0.0746. The average molecular weight is 529 g/mol. The van der Waals surface area contributed by atoms with Crippen LogP contribution in [0.2, 0.25) is 0 Å². The summed E-state index contributed by atoms with van der Waals surface area (Å²) in [5.74, 6) is 1.06. The van der Waals surface area contributed by atoms with E-state index in [9.17, 15) is 4.79 Å². The van der Waals surface area contributed by atoms with Crippen molar-refractivity contribution in [2.24, 2.45) is 5.41 Å². The summed E-state index contributed by atoms with van der Waals surface area (Å²) >= 11 is 3.48. The molecular formula is C28H38BrN3O2. The Hall–Kier alpha value is -2.05. The molecule has 184 valence electrons. The van der Waals surface area contributed by atoms with Crippen LogP contribution in [0, 0.1) is 12.3 Å². The Morgan fingerprint density at radius 1 is 1.03 bits per heavy atom. The second kappa shape index (κ2) is 11.1. The highest BCUT2D eigenvalue weighted by atomic mass is 79.9. The molecule has 4 rings (SSSR count). The number of amides is 1. The molecule has 2 fully saturated rings. The zero-order valence-electron chi connectivity index (χ0n) is 20.9. The maximum Gasteiger partial charge on any atom is 0.254 e. The number of aryl methyl sites for hydroxylation is 1. The molecule has 2 aliphatic rings. The van der Waals surface area contributed by atoms with Crippen LogP contribution in [-0.4, -0.2) is 68.1 Å². The minimum atomic E-state index is 0.126. The average Bonchev–Trinajstić information content (AvgIpc) is 2.81. The lowest BCUT2D eigenvalue weighted by atomic mass is 9.84. The van der Waals surface area contributed by atoms with E-state index in [4.69, 9.17) is 4.74 Å². The summed E-state index contributed by atoms with van der Waals surface area (Å²) in [5.41, 5.74) is 3.44. The lowest BCUT2D eigenvalue weighted by Crippen LogP contribution is -2.48. The van der Waals surface area contributed by atoms with Crippen molar-refractivity contribution in [1.82, 2.24) is 9.80 Å². The molecule has 0 aliphatic carbocycles. The predicted molar refractivity (Wildman–Crippen MR) is 143 cm³/mol. The summed E-state index contributed by atoms with van der Waals surface area (Å²) < 4.78 is 7.01. The highest BCUT2D eigenvalue weighted by Crippen LogP contribution is 2.28. The van der Waals surface area contributed by atoms with Crippen LogP contribution in [0.4, 0.5) is 5.69 Å². The summed E-state index contributed by atoms with van der Waals surface area (Å²) in [7, 11) is 0. The number of piperidine rings is 1. The van der Waals surface area contributed by atoms with Gasteiger partial charge >= 0.3 is 0 Å². The molecule has 0 bridgehead atoms. The minimum Gasteiger partial charge on any atom is -0.494 e. The fourth-order valence-corrected chi connectivity index (χ4v) is 5.65. The van der Waals surface area contributed by atoms with Crippen LogP contribution in [0.1, 0.15) is 49.0 Å². The van der Waals surface area contributed by atoms with Crippen LogP contribution >= 0.6 is 15.9 Å². The van der Waals surface area contributed by atoms with Crippen LogP contribution < -0.4 is 9.64 Å². The van der Waals surface area contributed by atoms with E-state index in [2.05, 4.69) is 63.8 Å². The summed E-state index contributed by atoms with van der Waals surface area (Å²) in [4.78, 5) is 19.8. The maximum absolute atomic E-state index is 13.0. The molecule has 1 amide bonds. The van der Waals surface area contributed by atoms with Gasteiger partial charge in [0.05, 0.1) is 6.61 Å². The first-order valence-corrected chi connectivity index (χ1v) is 13.4. The van der Waals surface area contributed by atoms with Crippen molar-refractivity contribution in [3.05, 3.63) is 58.1 Å². The number of likely N-dealkylation sites (tertiary alicyclic amines) is 1. The number of ether oxygens (including phenoxy) is 1. The largest absolute Gasteiger partial charge is 0.494 e. The molecule has 6 heteroatoms. The third-order valence-electron chi connectivity index (χ3n) is 7.05. The number of hydrogen-bond donors (Lipinski definition) is 0. The van der Waals surface area contributed by atoms with E-state index in [1.807, 2.05) is 30.0 Å². The van der Waals surface area contributed by atoms with Crippen LogP contribution in [0.3, 0.4) is 0 Å². The first-order chi connectivity index (χ1) is 16.3. The molecule has 0 aromatic heterocycles. The first kappa shape index (κ1) is 25.1. The molecule has 0 saturated carbocycles. The first-order valence-electron chi connectivity index (χ1n) is 12.6. The molecule has 0 unspecified atom stereocenters. The lowest BCUT2D eigenvalue weighted by Gasteiger charge is -2.38. The molecule has 2 heterocycles. The van der Waals surface area contributed by atoms with Gasteiger partial charge < -0.3 is 19.4 Å². The molecule has 34 heavy (non-hydrogen) atoms. The van der Waals surface area contributed by atoms with Crippen molar-refractivity contribution < 1.29 is 9.53 Å². The van der Waals surface area contributed by atoms with Crippen molar-refractivity contribution in [3.8, 4) is 5.75 Å². The number of piperazine rings is 1. The second-order valence-corrected chi connectivity index (χ2v) is 11.4. The van der Waals surface area contributed by atoms with E-state index in [1.54, 1.807) is 0 Å². The van der Waals surface area contributed by atoms with Gasteiger partial charge in [0.1, 0.15) is 5.75 Å². The Labute approximate surface area is 213 Å². The number of hydrogen-bond acceptors (Lipinski definition) is 4. The molecule has 0 radical (unpaired) electrons. The number of halogens is 1. The van der Waals surface area contributed by atoms with Gasteiger partial charge in [-0.15, -0.1) is 0 Å². The summed E-state index contributed by atoms with van der Waals surface area (Å²) in [6, 6.07) is 14.3. The van der Waals surface area contributed by atoms with E-state index in [-0.39, 0.29) is 5.91 Å². The summed E-state index contributed by atoms with van der Waals surface area (Å²) in [5, 5.41) is 0. The number of benzene rings is 2. The van der Waals surface area contributed by atoms with Crippen molar-refractivity contribution in [1.29, 1.82) is 0 Å². The molecule has 0 atom stereocenters. The third-order valence-corrected chi connectivity index (χ3v) is 7.55. The number of carbonyl (C=O) groups excluding carboxylic acids is 1. The number of anilines is 1. The number of rotatable bonds is 7. The van der Waals surface area contributed by atoms with Crippen molar-refractivity contribution in [2.75, 3.05) is 57.3 Å². The Bertz CT molecular complexity index is 968. The highest BCUT2D eigenvalue weighted by molar-refractivity contribution is 9.10. The summed E-state index contributed by atoms with van der Waals surface area (Å²) in [6.45, 7) is 14.2. The number of carbonyl (C=O) groups is 1. The van der Waals surface area contributed by atoms with Crippen molar-refractivity contribution >= 4 is 27.5 Å². The Kier molecular flexibility index (Phi) is 8.20. The smallest absolute Gasteiger partial charge is 0.254 e. The van der Waals surface area contributed by atoms with Gasteiger partial charge in [0.25, 0.3) is 5.91 Å². The van der Waals surface area contributed by atoms with Gasteiger partial charge in [0, 0.05) is 55.0 Å². The molecule has 2 aliphatic heterocycles. The Morgan fingerprint density at radius 3 is 2.44 bits per heavy atom. The third kappa shape index (κ3) is 6.54. The van der Waals surface area contributed by atoms with E-state index in [0.717, 1.165) is 67.1 Å². The van der Waals surface area contributed by atoms with E-state index >= 15 is 0 Å². The van der Waals surface area contributed by atoms with Gasteiger partial charge in [0.15, 0.2) is 0 Å². The van der Waals surface area contributed by atoms with Crippen molar-refractivity contribution in [3.63, 3.8) is 0 Å². The minimum absolute atomic E-state index is 0.126. The Morgan fingerprint density at radius 2 is 1.76 bits per heavy atom. The fourth-order valence-electron chi connectivity index (χ4n) is 5.17. The van der Waals surface area contributed by atoms with Gasteiger partial charge in [-0.1, -0.05) is 29.8 Å². The molecule has 0 spiro atoms. The molecule has 5 nitrogen and oxygen atoms in total.